The van der Waals surface area contributed by atoms with Crippen molar-refractivity contribution in [3.05, 3.63) is 0 Å². The maximum Gasteiger partial charge on any atom is 0.271 e. The molecular weight excluding hydrogens is 236 g/mol. The zero-order valence-electron chi connectivity index (χ0n) is 10.4. The Morgan fingerprint density at radius 2 is 2.06 bits per heavy atom. The summed E-state index contributed by atoms with van der Waals surface area (Å²) in [5, 5.41) is 6.50. The first kappa shape index (κ1) is 12.5. The van der Waals surface area contributed by atoms with Crippen LogP contribution in [0.15, 0.2) is 5.10 Å². The van der Waals surface area contributed by atoms with Crippen molar-refractivity contribution in [3.8, 4) is 0 Å². The molecule has 3 amide bonds. The molecule has 7 nitrogen and oxygen atoms in total. The minimum atomic E-state index is -0.890. The first-order chi connectivity index (χ1) is 8.43. The highest BCUT2D eigenvalue weighted by Gasteiger charge is 2.41. The summed E-state index contributed by atoms with van der Waals surface area (Å²) in [6, 6.07) is 0. The average Bonchev–Trinajstić information content (AvgIpc) is 2.33. The van der Waals surface area contributed by atoms with E-state index in [1.165, 1.54) is 4.90 Å². The van der Waals surface area contributed by atoms with Gasteiger partial charge in [0.2, 0.25) is 11.8 Å². The summed E-state index contributed by atoms with van der Waals surface area (Å²) in [5.41, 5.74) is 1.71. The van der Waals surface area contributed by atoms with E-state index >= 15 is 0 Å². The van der Waals surface area contributed by atoms with Crippen molar-refractivity contribution >= 4 is 23.4 Å². The van der Waals surface area contributed by atoms with Crippen LogP contribution in [0.5, 0.6) is 0 Å². The molecule has 2 aliphatic heterocycles. The van der Waals surface area contributed by atoms with Crippen molar-refractivity contribution in [1.82, 2.24) is 15.6 Å². The summed E-state index contributed by atoms with van der Waals surface area (Å²) in [7, 11) is 0. The molecule has 0 aromatic heterocycles. The van der Waals surface area contributed by atoms with Crippen LogP contribution in [-0.4, -0.2) is 47.0 Å². The molecule has 2 rings (SSSR count). The standard InChI is InChI=1S/C11H16N4O3/c1-11(2)10(18)12-5-6-15(11)9(17)7-3-4-8(16)14-13-7/h3-6H2,1-2H3,(H,12,18)(H,14,16). The van der Waals surface area contributed by atoms with Gasteiger partial charge in [0.15, 0.2) is 0 Å². The van der Waals surface area contributed by atoms with Gasteiger partial charge in [0.25, 0.3) is 5.91 Å². The lowest BCUT2D eigenvalue weighted by molar-refractivity contribution is -0.145. The molecule has 2 N–H and O–H groups in total. The molecule has 0 spiro atoms. The summed E-state index contributed by atoms with van der Waals surface area (Å²) >= 11 is 0. The fourth-order valence-electron chi connectivity index (χ4n) is 2.04. The molecule has 0 bridgehead atoms. The molecule has 0 atom stereocenters. The molecule has 0 aliphatic carbocycles. The number of piperazine rings is 1. The molecule has 2 heterocycles. The lowest BCUT2D eigenvalue weighted by Crippen LogP contribution is -2.64. The van der Waals surface area contributed by atoms with Crippen molar-refractivity contribution in [2.45, 2.75) is 32.2 Å². The predicted molar refractivity (Wildman–Crippen MR) is 63.6 cm³/mol. The monoisotopic (exact) mass is 252 g/mol. The number of amides is 3. The second-order valence-corrected chi connectivity index (χ2v) is 4.87. The number of carbonyl (C=O) groups is 3. The van der Waals surface area contributed by atoms with E-state index < -0.39 is 5.54 Å². The number of rotatable bonds is 1. The van der Waals surface area contributed by atoms with Gasteiger partial charge in [0.05, 0.1) is 0 Å². The van der Waals surface area contributed by atoms with E-state index in [-0.39, 0.29) is 24.1 Å². The molecule has 18 heavy (non-hydrogen) atoms. The Balaban J connectivity index is 2.18. The molecule has 1 saturated heterocycles. The lowest BCUT2D eigenvalue weighted by Gasteiger charge is -2.41. The normalized spacial score (nSPS) is 23.0. The molecule has 2 aliphatic rings. The van der Waals surface area contributed by atoms with E-state index in [0.717, 1.165) is 0 Å². The van der Waals surface area contributed by atoms with Gasteiger partial charge in [-0.2, -0.15) is 5.10 Å². The van der Waals surface area contributed by atoms with Crippen molar-refractivity contribution in [2.24, 2.45) is 5.10 Å². The van der Waals surface area contributed by atoms with E-state index in [4.69, 9.17) is 0 Å². The van der Waals surface area contributed by atoms with E-state index in [0.29, 0.717) is 25.2 Å². The molecule has 0 unspecified atom stereocenters. The Morgan fingerprint density at radius 3 is 2.67 bits per heavy atom. The molecule has 7 heteroatoms. The number of carbonyl (C=O) groups excluding carboxylic acids is 3. The van der Waals surface area contributed by atoms with Crippen LogP contribution < -0.4 is 10.7 Å². The maximum atomic E-state index is 12.3. The minimum Gasteiger partial charge on any atom is -0.352 e. The van der Waals surface area contributed by atoms with Gasteiger partial charge in [0, 0.05) is 25.9 Å². The third-order valence-electron chi connectivity index (χ3n) is 3.25. The Kier molecular flexibility index (Phi) is 3.06. The smallest absolute Gasteiger partial charge is 0.271 e. The van der Waals surface area contributed by atoms with Crippen LogP contribution in [0.3, 0.4) is 0 Å². The fourth-order valence-corrected chi connectivity index (χ4v) is 2.04. The van der Waals surface area contributed by atoms with Crippen LogP contribution in [0, 0.1) is 0 Å². The molecule has 1 fully saturated rings. The van der Waals surface area contributed by atoms with Crippen molar-refractivity contribution in [2.75, 3.05) is 13.1 Å². The van der Waals surface area contributed by atoms with Gasteiger partial charge >= 0.3 is 0 Å². The third kappa shape index (κ3) is 2.07. The third-order valence-corrected chi connectivity index (χ3v) is 3.25. The second kappa shape index (κ2) is 4.40. The molecule has 0 radical (unpaired) electrons. The van der Waals surface area contributed by atoms with Crippen LogP contribution in [-0.2, 0) is 14.4 Å². The average molecular weight is 252 g/mol. The fraction of sp³-hybridized carbons (Fsp3) is 0.636. The number of nitrogens with zero attached hydrogens (tertiary/aromatic N) is 2. The zero-order chi connectivity index (χ0) is 13.3. The first-order valence-electron chi connectivity index (χ1n) is 5.88. The molecule has 0 aromatic carbocycles. The Morgan fingerprint density at radius 1 is 1.33 bits per heavy atom. The number of hydrogen-bond acceptors (Lipinski definition) is 4. The molecule has 98 valence electrons. The second-order valence-electron chi connectivity index (χ2n) is 4.87. The Bertz CT molecular complexity index is 442. The van der Waals surface area contributed by atoms with E-state index in [2.05, 4.69) is 15.8 Å². The predicted octanol–water partition coefficient (Wildman–Crippen LogP) is -1.01. The lowest BCUT2D eigenvalue weighted by atomic mass is 9.97. The van der Waals surface area contributed by atoms with Crippen LogP contribution in [0.4, 0.5) is 0 Å². The number of nitrogens with one attached hydrogen (secondary N) is 2. The van der Waals surface area contributed by atoms with Gasteiger partial charge in [-0.3, -0.25) is 14.4 Å². The van der Waals surface area contributed by atoms with Gasteiger partial charge in [-0.05, 0) is 13.8 Å². The van der Waals surface area contributed by atoms with Gasteiger partial charge in [-0.1, -0.05) is 0 Å². The highest BCUT2D eigenvalue weighted by molar-refractivity contribution is 6.40. The number of hydrogen-bond donors (Lipinski definition) is 2. The molecule has 0 aromatic rings. The number of hydrazone groups is 1. The summed E-state index contributed by atoms with van der Waals surface area (Å²) < 4.78 is 0. The van der Waals surface area contributed by atoms with E-state index in [1.54, 1.807) is 13.8 Å². The Labute approximate surface area is 105 Å². The maximum absolute atomic E-state index is 12.3. The van der Waals surface area contributed by atoms with Gasteiger partial charge in [-0.25, -0.2) is 5.43 Å². The summed E-state index contributed by atoms with van der Waals surface area (Å²) in [6.07, 6.45) is 0.573. The summed E-state index contributed by atoms with van der Waals surface area (Å²) in [5.74, 6) is -0.653. The molecular formula is C11H16N4O3. The summed E-state index contributed by atoms with van der Waals surface area (Å²) in [4.78, 5) is 36.5. The van der Waals surface area contributed by atoms with Crippen LogP contribution >= 0.6 is 0 Å². The van der Waals surface area contributed by atoms with Crippen LogP contribution in [0.25, 0.3) is 0 Å². The minimum absolute atomic E-state index is 0.178. The first-order valence-corrected chi connectivity index (χ1v) is 5.88. The largest absolute Gasteiger partial charge is 0.352 e. The van der Waals surface area contributed by atoms with Crippen LogP contribution in [0.2, 0.25) is 0 Å². The van der Waals surface area contributed by atoms with E-state index in [9.17, 15) is 14.4 Å². The van der Waals surface area contributed by atoms with Crippen LogP contribution in [0.1, 0.15) is 26.7 Å². The van der Waals surface area contributed by atoms with Gasteiger partial charge in [0.1, 0.15) is 11.3 Å². The van der Waals surface area contributed by atoms with E-state index in [1.807, 2.05) is 0 Å². The van der Waals surface area contributed by atoms with Crippen molar-refractivity contribution < 1.29 is 14.4 Å². The van der Waals surface area contributed by atoms with Gasteiger partial charge in [-0.15, -0.1) is 0 Å². The highest BCUT2D eigenvalue weighted by atomic mass is 16.2. The van der Waals surface area contributed by atoms with Crippen molar-refractivity contribution in [3.63, 3.8) is 0 Å². The Hall–Kier alpha value is -1.92. The zero-order valence-corrected chi connectivity index (χ0v) is 10.4. The van der Waals surface area contributed by atoms with Crippen molar-refractivity contribution in [1.29, 1.82) is 0 Å². The SMILES string of the molecule is CC1(C)C(=O)NCCN1C(=O)C1=NNC(=O)CC1. The topological polar surface area (TPSA) is 90.9 Å². The van der Waals surface area contributed by atoms with Gasteiger partial charge < -0.3 is 10.2 Å². The quantitative estimate of drug-likeness (QED) is 0.626. The molecule has 0 saturated carbocycles. The summed E-state index contributed by atoms with van der Waals surface area (Å²) in [6.45, 7) is 4.28. The highest BCUT2D eigenvalue weighted by Crippen LogP contribution is 2.19.